The summed E-state index contributed by atoms with van der Waals surface area (Å²) in [6, 6.07) is 13.4. The first kappa shape index (κ1) is 20.5. The lowest BCUT2D eigenvalue weighted by Crippen LogP contribution is -2.51. The minimum Gasteiger partial charge on any atom is -0.465 e. The highest BCUT2D eigenvalue weighted by Gasteiger charge is 2.40. The van der Waals surface area contributed by atoms with E-state index in [0.29, 0.717) is 23.0 Å². The Hall–Kier alpha value is -3.39. The average molecular weight is 434 g/mol. The minimum atomic E-state index is -1.05. The summed E-state index contributed by atoms with van der Waals surface area (Å²) in [7, 11) is 0. The normalized spacial score (nSPS) is 23.9. The summed E-state index contributed by atoms with van der Waals surface area (Å²) >= 11 is 0. The third kappa shape index (κ3) is 3.31. The van der Waals surface area contributed by atoms with Crippen LogP contribution in [0.5, 0.6) is 0 Å². The molecule has 2 N–H and O–H groups in total. The minimum absolute atomic E-state index is 0.0548. The number of fused-ring (bicyclic) bond motifs is 3. The van der Waals surface area contributed by atoms with Crippen molar-refractivity contribution in [2.24, 2.45) is 0 Å². The molecule has 3 amide bonds. The van der Waals surface area contributed by atoms with Gasteiger partial charge in [-0.1, -0.05) is 18.2 Å². The van der Waals surface area contributed by atoms with E-state index in [1.807, 2.05) is 42.2 Å². The SMILES string of the molecule is CC(=O)N1c2ccc(-c3ccc(C(=O)N4C[C@@H]5C[C@H]4CN5)cc3)cc2N(C(=O)O)C[C@@H]1C. The van der Waals surface area contributed by atoms with Gasteiger partial charge in [-0.05, 0) is 48.7 Å². The molecule has 2 bridgehead atoms. The van der Waals surface area contributed by atoms with Crippen LogP contribution in [0, 0.1) is 0 Å². The molecule has 8 heteroatoms. The molecule has 0 aromatic heterocycles. The van der Waals surface area contributed by atoms with Gasteiger partial charge < -0.3 is 20.2 Å². The summed E-state index contributed by atoms with van der Waals surface area (Å²) in [6.45, 7) is 5.16. The molecule has 0 unspecified atom stereocenters. The maximum absolute atomic E-state index is 12.9. The Morgan fingerprint density at radius 1 is 1.00 bits per heavy atom. The Balaban J connectivity index is 1.44. The molecule has 0 radical (unpaired) electrons. The molecule has 0 saturated carbocycles. The number of hydrogen-bond acceptors (Lipinski definition) is 4. The van der Waals surface area contributed by atoms with Crippen LogP contribution in [0.2, 0.25) is 0 Å². The number of anilines is 2. The van der Waals surface area contributed by atoms with Crippen molar-refractivity contribution in [2.45, 2.75) is 38.4 Å². The molecule has 0 aliphatic carbocycles. The summed E-state index contributed by atoms with van der Waals surface area (Å²) in [5, 5.41) is 13.1. The number of amides is 3. The number of benzene rings is 2. The van der Waals surface area contributed by atoms with Crippen LogP contribution in [0.3, 0.4) is 0 Å². The summed E-state index contributed by atoms with van der Waals surface area (Å²) < 4.78 is 0. The van der Waals surface area contributed by atoms with Crippen molar-refractivity contribution in [2.75, 3.05) is 29.4 Å². The van der Waals surface area contributed by atoms with Gasteiger partial charge in [0.25, 0.3) is 5.91 Å². The summed E-state index contributed by atoms with van der Waals surface area (Å²) in [5.74, 6) is -0.0654. The number of carbonyl (C=O) groups is 3. The zero-order valence-corrected chi connectivity index (χ0v) is 18.1. The number of likely N-dealkylation sites (tertiary alicyclic amines) is 1. The van der Waals surface area contributed by atoms with Gasteiger partial charge in [-0.15, -0.1) is 0 Å². The summed E-state index contributed by atoms with van der Waals surface area (Å²) in [4.78, 5) is 41.8. The van der Waals surface area contributed by atoms with Gasteiger partial charge in [0, 0.05) is 44.2 Å². The Morgan fingerprint density at radius 2 is 1.72 bits per heavy atom. The van der Waals surface area contributed by atoms with Gasteiger partial charge in [0.1, 0.15) is 0 Å². The summed E-state index contributed by atoms with van der Waals surface area (Å²) in [5.41, 5.74) is 3.45. The molecule has 3 aliphatic rings. The lowest BCUT2D eigenvalue weighted by Gasteiger charge is -2.39. The molecule has 3 atom stereocenters. The molecule has 3 aliphatic heterocycles. The lowest BCUT2D eigenvalue weighted by atomic mass is 9.99. The Labute approximate surface area is 186 Å². The number of nitrogens with zero attached hydrogens (tertiary/aromatic N) is 3. The Kier molecular flexibility index (Phi) is 4.89. The Morgan fingerprint density at radius 3 is 2.31 bits per heavy atom. The second kappa shape index (κ2) is 7.63. The average Bonchev–Trinajstić information content (AvgIpc) is 3.41. The van der Waals surface area contributed by atoms with E-state index in [0.717, 1.165) is 30.6 Å². The van der Waals surface area contributed by atoms with Gasteiger partial charge >= 0.3 is 6.09 Å². The third-order valence-electron chi connectivity index (χ3n) is 6.77. The van der Waals surface area contributed by atoms with Crippen LogP contribution in [0.25, 0.3) is 11.1 Å². The van der Waals surface area contributed by atoms with Crippen molar-refractivity contribution in [1.82, 2.24) is 10.2 Å². The molecule has 32 heavy (non-hydrogen) atoms. The van der Waals surface area contributed by atoms with Crippen molar-refractivity contribution in [3.05, 3.63) is 48.0 Å². The number of hydrogen-bond donors (Lipinski definition) is 2. The van der Waals surface area contributed by atoms with Gasteiger partial charge in [0.05, 0.1) is 17.4 Å². The van der Waals surface area contributed by atoms with Crippen molar-refractivity contribution >= 4 is 29.3 Å². The van der Waals surface area contributed by atoms with E-state index >= 15 is 0 Å². The van der Waals surface area contributed by atoms with Crippen molar-refractivity contribution in [3.8, 4) is 11.1 Å². The van der Waals surface area contributed by atoms with E-state index in [-0.39, 0.29) is 30.4 Å². The lowest BCUT2D eigenvalue weighted by molar-refractivity contribution is -0.117. The second-order valence-corrected chi connectivity index (χ2v) is 8.86. The molecule has 2 aromatic rings. The van der Waals surface area contributed by atoms with E-state index in [2.05, 4.69) is 5.32 Å². The zero-order chi connectivity index (χ0) is 22.6. The van der Waals surface area contributed by atoms with Crippen LogP contribution >= 0.6 is 0 Å². The van der Waals surface area contributed by atoms with E-state index in [1.165, 1.54) is 11.8 Å². The highest BCUT2D eigenvalue weighted by atomic mass is 16.4. The number of rotatable bonds is 2. The van der Waals surface area contributed by atoms with Gasteiger partial charge in [-0.2, -0.15) is 0 Å². The second-order valence-electron chi connectivity index (χ2n) is 8.86. The van der Waals surface area contributed by atoms with Crippen LogP contribution in [0.1, 0.15) is 30.6 Å². The van der Waals surface area contributed by atoms with Crippen LogP contribution < -0.4 is 15.1 Å². The first-order chi connectivity index (χ1) is 15.3. The van der Waals surface area contributed by atoms with E-state index in [4.69, 9.17) is 0 Å². The van der Waals surface area contributed by atoms with E-state index in [1.54, 1.807) is 17.0 Å². The van der Waals surface area contributed by atoms with Gasteiger partial charge in [-0.3, -0.25) is 14.5 Å². The highest BCUT2D eigenvalue weighted by Crippen LogP contribution is 2.39. The standard InChI is InChI=1S/C24H26N4O4/c1-14-12-27(24(31)32)22-9-18(7-8-21(22)28(14)15(2)29)16-3-5-17(6-4-16)23(30)26-13-19-10-20(26)11-25-19/h3-9,14,19-20,25H,10-13H2,1-2H3,(H,31,32)/t14-,19-,20-/m0/s1. The number of piperazine rings is 1. The molecule has 2 aromatic carbocycles. The Bertz CT molecular complexity index is 1100. The van der Waals surface area contributed by atoms with Crippen molar-refractivity contribution in [3.63, 3.8) is 0 Å². The molecule has 5 rings (SSSR count). The molecule has 3 heterocycles. The number of nitrogens with one attached hydrogen (secondary N) is 1. The first-order valence-corrected chi connectivity index (χ1v) is 10.9. The van der Waals surface area contributed by atoms with Gasteiger partial charge in [-0.25, -0.2) is 4.79 Å². The van der Waals surface area contributed by atoms with Crippen molar-refractivity contribution < 1.29 is 19.5 Å². The van der Waals surface area contributed by atoms with Gasteiger partial charge in [0.15, 0.2) is 0 Å². The fraction of sp³-hybridized carbons (Fsp3) is 0.375. The van der Waals surface area contributed by atoms with Crippen LogP contribution in [0.15, 0.2) is 42.5 Å². The van der Waals surface area contributed by atoms with E-state index in [9.17, 15) is 19.5 Å². The van der Waals surface area contributed by atoms with E-state index < -0.39 is 6.09 Å². The molecular weight excluding hydrogens is 408 g/mol. The molecular formula is C24H26N4O4. The number of carbonyl (C=O) groups excluding carboxylic acids is 2. The third-order valence-corrected chi connectivity index (χ3v) is 6.77. The van der Waals surface area contributed by atoms with Crippen molar-refractivity contribution in [1.29, 1.82) is 0 Å². The molecule has 2 saturated heterocycles. The fourth-order valence-electron chi connectivity index (χ4n) is 5.25. The van der Waals surface area contributed by atoms with Gasteiger partial charge in [0.2, 0.25) is 5.91 Å². The maximum atomic E-state index is 12.9. The fourth-order valence-corrected chi connectivity index (χ4v) is 5.25. The van der Waals surface area contributed by atoms with Crippen LogP contribution in [-0.2, 0) is 4.79 Å². The maximum Gasteiger partial charge on any atom is 0.411 e. The largest absolute Gasteiger partial charge is 0.465 e. The first-order valence-electron chi connectivity index (χ1n) is 10.9. The molecule has 0 spiro atoms. The summed E-state index contributed by atoms with van der Waals surface area (Å²) in [6.07, 6.45) is -0.0247. The van der Waals surface area contributed by atoms with Crippen LogP contribution in [-0.4, -0.2) is 65.7 Å². The molecule has 166 valence electrons. The predicted octanol–water partition coefficient (Wildman–Crippen LogP) is 2.78. The zero-order valence-electron chi connectivity index (χ0n) is 18.1. The smallest absolute Gasteiger partial charge is 0.411 e. The number of carboxylic acid groups (broad SMARTS) is 1. The quantitative estimate of drug-likeness (QED) is 0.758. The molecule has 2 fully saturated rings. The highest BCUT2D eigenvalue weighted by molar-refractivity contribution is 6.03. The predicted molar refractivity (Wildman–Crippen MR) is 121 cm³/mol. The monoisotopic (exact) mass is 434 g/mol. The topological polar surface area (TPSA) is 93.2 Å². The molecule has 8 nitrogen and oxygen atoms in total. The van der Waals surface area contributed by atoms with Crippen LogP contribution in [0.4, 0.5) is 16.2 Å².